The van der Waals surface area contributed by atoms with E-state index >= 15 is 0 Å². The van der Waals surface area contributed by atoms with Gasteiger partial charge < -0.3 is 15.2 Å². The van der Waals surface area contributed by atoms with Gasteiger partial charge in [0, 0.05) is 0 Å². The summed E-state index contributed by atoms with van der Waals surface area (Å²) in [5.74, 6) is 0.953. The molecule has 0 saturated carbocycles. The van der Waals surface area contributed by atoms with Crippen LogP contribution in [0.3, 0.4) is 0 Å². The molecular weight excluding hydrogens is 242 g/mol. The highest BCUT2D eigenvalue weighted by atomic mass is 16.5. The quantitative estimate of drug-likeness (QED) is 0.800. The number of nitrogens with two attached hydrogens (primary N) is 1. The zero-order valence-electron chi connectivity index (χ0n) is 12.1. The molecule has 4 nitrogen and oxygen atoms in total. The molecule has 106 valence electrons. The van der Waals surface area contributed by atoms with E-state index in [1.54, 1.807) is 0 Å². The van der Waals surface area contributed by atoms with Crippen LogP contribution in [0.1, 0.15) is 25.0 Å². The normalized spacial score (nSPS) is 12.3. The Kier molecular flexibility index (Phi) is 5.83. The van der Waals surface area contributed by atoms with Crippen LogP contribution in [-0.2, 0) is 16.0 Å². The average Bonchev–Trinajstić information content (AvgIpc) is 2.38. The number of hydrogen-bond donors (Lipinski definition) is 1. The third-order valence-electron chi connectivity index (χ3n) is 2.84. The van der Waals surface area contributed by atoms with Crippen molar-refractivity contribution in [3.63, 3.8) is 0 Å². The van der Waals surface area contributed by atoms with Gasteiger partial charge in [0.15, 0.2) is 0 Å². The Morgan fingerprint density at radius 3 is 2.58 bits per heavy atom. The van der Waals surface area contributed by atoms with Crippen LogP contribution in [0, 0.1) is 12.8 Å². The van der Waals surface area contributed by atoms with E-state index in [1.165, 1.54) is 7.11 Å². The van der Waals surface area contributed by atoms with Gasteiger partial charge in [0.05, 0.1) is 13.7 Å². The molecule has 4 heteroatoms. The van der Waals surface area contributed by atoms with E-state index in [0.29, 0.717) is 18.9 Å². The summed E-state index contributed by atoms with van der Waals surface area (Å²) < 4.78 is 10.3. The Morgan fingerprint density at radius 1 is 1.37 bits per heavy atom. The highest BCUT2D eigenvalue weighted by molar-refractivity contribution is 5.75. The lowest BCUT2D eigenvalue weighted by atomic mass is 10.0. The van der Waals surface area contributed by atoms with Crippen molar-refractivity contribution in [1.82, 2.24) is 0 Å². The summed E-state index contributed by atoms with van der Waals surface area (Å²) in [6.07, 6.45) is 0.475. The Balaban J connectivity index is 2.69. The van der Waals surface area contributed by atoms with Crippen LogP contribution in [-0.4, -0.2) is 25.7 Å². The Bertz CT molecular complexity index is 429. The van der Waals surface area contributed by atoms with E-state index in [-0.39, 0.29) is 5.97 Å². The van der Waals surface area contributed by atoms with Crippen LogP contribution in [0.2, 0.25) is 0 Å². The predicted octanol–water partition coefficient (Wildman–Crippen LogP) is 2.07. The molecule has 1 unspecified atom stereocenters. The third-order valence-corrected chi connectivity index (χ3v) is 2.84. The maximum absolute atomic E-state index is 11.3. The minimum absolute atomic E-state index is 0.389. The molecule has 0 radical (unpaired) electrons. The van der Waals surface area contributed by atoms with Gasteiger partial charge in [-0.2, -0.15) is 0 Å². The molecule has 1 aromatic rings. The zero-order chi connectivity index (χ0) is 14.4. The molecule has 0 aliphatic heterocycles. The second-order valence-electron chi connectivity index (χ2n) is 5.13. The first-order valence-corrected chi connectivity index (χ1v) is 6.49. The van der Waals surface area contributed by atoms with Crippen molar-refractivity contribution in [2.24, 2.45) is 11.7 Å². The number of carbonyl (C=O) groups excluding carboxylic acids is 1. The molecule has 0 aromatic heterocycles. The van der Waals surface area contributed by atoms with E-state index in [2.05, 4.69) is 18.6 Å². The Hall–Kier alpha value is -1.55. The van der Waals surface area contributed by atoms with Gasteiger partial charge >= 0.3 is 5.97 Å². The van der Waals surface area contributed by atoms with Crippen molar-refractivity contribution in [3.8, 4) is 5.75 Å². The Labute approximate surface area is 114 Å². The average molecular weight is 265 g/mol. The maximum atomic E-state index is 11.3. The lowest BCUT2D eigenvalue weighted by Crippen LogP contribution is -2.33. The summed E-state index contributed by atoms with van der Waals surface area (Å²) in [7, 11) is 1.35. The lowest BCUT2D eigenvalue weighted by molar-refractivity contribution is -0.142. The van der Waals surface area contributed by atoms with Crippen molar-refractivity contribution >= 4 is 5.97 Å². The van der Waals surface area contributed by atoms with Crippen LogP contribution >= 0.6 is 0 Å². The number of aryl methyl sites for hydroxylation is 1. The summed E-state index contributed by atoms with van der Waals surface area (Å²) in [4.78, 5) is 11.3. The first-order valence-electron chi connectivity index (χ1n) is 6.49. The van der Waals surface area contributed by atoms with Gasteiger partial charge in [-0.25, -0.2) is 0 Å². The van der Waals surface area contributed by atoms with Crippen LogP contribution in [0.25, 0.3) is 0 Å². The smallest absolute Gasteiger partial charge is 0.322 e. The summed E-state index contributed by atoms with van der Waals surface area (Å²) in [6, 6.07) is 5.22. The lowest BCUT2D eigenvalue weighted by Gasteiger charge is -2.14. The second-order valence-corrected chi connectivity index (χ2v) is 5.13. The molecule has 0 aliphatic rings. The van der Waals surface area contributed by atoms with Crippen molar-refractivity contribution in [3.05, 3.63) is 29.3 Å². The molecule has 0 bridgehead atoms. The number of benzene rings is 1. The molecular formula is C15H23NO3. The molecule has 0 saturated heterocycles. The number of carbonyl (C=O) groups is 1. The molecule has 1 aromatic carbocycles. The van der Waals surface area contributed by atoms with Crippen LogP contribution in [0.5, 0.6) is 5.75 Å². The van der Waals surface area contributed by atoms with Gasteiger partial charge in [0.2, 0.25) is 0 Å². The topological polar surface area (TPSA) is 61.5 Å². The second kappa shape index (κ2) is 7.14. The molecule has 0 fully saturated rings. The SMILES string of the molecule is COC(=O)C(N)Cc1ccc(OCC(C)C)cc1C. The van der Waals surface area contributed by atoms with Crippen molar-refractivity contribution in [1.29, 1.82) is 0 Å². The number of methoxy groups -OCH3 is 1. The van der Waals surface area contributed by atoms with E-state index < -0.39 is 6.04 Å². The van der Waals surface area contributed by atoms with Gasteiger partial charge in [-0.3, -0.25) is 4.79 Å². The summed E-state index contributed by atoms with van der Waals surface area (Å²) in [6.45, 7) is 6.90. The highest BCUT2D eigenvalue weighted by Gasteiger charge is 2.15. The molecule has 19 heavy (non-hydrogen) atoms. The molecule has 0 amide bonds. The van der Waals surface area contributed by atoms with Crippen LogP contribution in [0.15, 0.2) is 18.2 Å². The number of ether oxygens (including phenoxy) is 2. The van der Waals surface area contributed by atoms with Crippen molar-refractivity contribution in [2.75, 3.05) is 13.7 Å². The molecule has 0 heterocycles. The number of rotatable bonds is 6. The molecule has 1 atom stereocenters. The van der Waals surface area contributed by atoms with E-state index in [0.717, 1.165) is 16.9 Å². The zero-order valence-corrected chi connectivity index (χ0v) is 12.1. The summed E-state index contributed by atoms with van der Waals surface area (Å²) in [5.41, 5.74) is 7.87. The maximum Gasteiger partial charge on any atom is 0.322 e. The molecule has 2 N–H and O–H groups in total. The third kappa shape index (κ3) is 4.91. The van der Waals surface area contributed by atoms with Crippen molar-refractivity contribution < 1.29 is 14.3 Å². The summed E-state index contributed by atoms with van der Waals surface area (Å²) in [5, 5.41) is 0. The Morgan fingerprint density at radius 2 is 2.05 bits per heavy atom. The fourth-order valence-electron chi connectivity index (χ4n) is 1.72. The molecule has 0 spiro atoms. The van der Waals surface area contributed by atoms with E-state index in [1.807, 2.05) is 25.1 Å². The first kappa shape index (κ1) is 15.5. The first-order chi connectivity index (χ1) is 8.93. The number of hydrogen-bond acceptors (Lipinski definition) is 4. The molecule has 1 rings (SSSR count). The monoisotopic (exact) mass is 265 g/mol. The van der Waals surface area contributed by atoms with E-state index in [4.69, 9.17) is 10.5 Å². The fourth-order valence-corrected chi connectivity index (χ4v) is 1.72. The van der Waals surface area contributed by atoms with Crippen LogP contribution in [0.4, 0.5) is 0 Å². The predicted molar refractivity (Wildman–Crippen MR) is 75.2 cm³/mol. The van der Waals surface area contributed by atoms with Gasteiger partial charge in [0.25, 0.3) is 0 Å². The van der Waals surface area contributed by atoms with Gasteiger partial charge in [-0.15, -0.1) is 0 Å². The fraction of sp³-hybridized carbons (Fsp3) is 0.533. The minimum Gasteiger partial charge on any atom is -0.493 e. The highest BCUT2D eigenvalue weighted by Crippen LogP contribution is 2.19. The van der Waals surface area contributed by atoms with Gasteiger partial charge in [-0.05, 0) is 42.5 Å². The van der Waals surface area contributed by atoms with E-state index in [9.17, 15) is 4.79 Å². The largest absolute Gasteiger partial charge is 0.493 e. The molecule has 0 aliphatic carbocycles. The van der Waals surface area contributed by atoms with Gasteiger partial charge in [0.1, 0.15) is 11.8 Å². The van der Waals surface area contributed by atoms with Crippen LogP contribution < -0.4 is 10.5 Å². The number of esters is 1. The summed E-state index contributed by atoms with van der Waals surface area (Å²) >= 11 is 0. The standard InChI is InChI=1S/C15H23NO3/c1-10(2)9-19-13-6-5-12(11(3)7-13)8-14(16)15(17)18-4/h5-7,10,14H,8-9,16H2,1-4H3. The van der Waals surface area contributed by atoms with Gasteiger partial charge in [-0.1, -0.05) is 19.9 Å². The van der Waals surface area contributed by atoms with Crippen molar-refractivity contribution in [2.45, 2.75) is 33.2 Å². The minimum atomic E-state index is -0.619.